The average molecular weight is 332 g/mol. The van der Waals surface area contributed by atoms with Crippen LogP contribution in [0.4, 0.5) is 0 Å². The SMILES string of the molecule is Clc1cccc(COc2ccccc2CNCC2CCCO2)c1. The second-order valence-corrected chi connectivity index (χ2v) is 6.23. The van der Waals surface area contributed by atoms with Crippen LogP contribution in [-0.4, -0.2) is 19.3 Å². The summed E-state index contributed by atoms with van der Waals surface area (Å²) in [6, 6.07) is 15.9. The van der Waals surface area contributed by atoms with Crippen LogP contribution in [0.5, 0.6) is 5.75 Å². The zero-order chi connectivity index (χ0) is 15.9. The van der Waals surface area contributed by atoms with E-state index in [2.05, 4.69) is 11.4 Å². The highest BCUT2D eigenvalue weighted by molar-refractivity contribution is 6.30. The number of para-hydroxylation sites is 1. The Morgan fingerprint density at radius 2 is 2.09 bits per heavy atom. The molecule has 1 saturated heterocycles. The first-order chi connectivity index (χ1) is 11.3. The molecule has 122 valence electrons. The van der Waals surface area contributed by atoms with Gasteiger partial charge in [-0.05, 0) is 36.6 Å². The topological polar surface area (TPSA) is 30.5 Å². The van der Waals surface area contributed by atoms with Crippen LogP contribution in [0.3, 0.4) is 0 Å². The molecule has 23 heavy (non-hydrogen) atoms. The molecule has 0 radical (unpaired) electrons. The van der Waals surface area contributed by atoms with Crippen LogP contribution in [0.2, 0.25) is 5.02 Å². The summed E-state index contributed by atoms with van der Waals surface area (Å²) in [5.41, 5.74) is 2.23. The van der Waals surface area contributed by atoms with E-state index in [0.29, 0.717) is 12.7 Å². The van der Waals surface area contributed by atoms with Gasteiger partial charge in [-0.25, -0.2) is 0 Å². The Morgan fingerprint density at radius 3 is 2.91 bits per heavy atom. The van der Waals surface area contributed by atoms with E-state index in [4.69, 9.17) is 21.1 Å². The molecule has 2 aromatic rings. The Kier molecular flexibility index (Phi) is 5.92. The van der Waals surface area contributed by atoms with Crippen molar-refractivity contribution < 1.29 is 9.47 Å². The van der Waals surface area contributed by atoms with Gasteiger partial charge in [-0.1, -0.05) is 41.9 Å². The summed E-state index contributed by atoms with van der Waals surface area (Å²) < 4.78 is 11.6. The largest absolute Gasteiger partial charge is 0.489 e. The molecule has 0 aromatic heterocycles. The molecule has 3 nitrogen and oxygen atoms in total. The van der Waals surface area contributed by atoms with E-state index in [1.165, 1.54) is 6.42 Å². The normalized spacial score (nSPS) is 17.3. The van der Waals surface area contributed by atoms with E-state index >= 15 is 0 Å². The maximum absolute atomic E-state index is 6.01. The van der Waals surface area contributed by atoms with Gasteiger partial charge in [0.1, 0.15) is 12.4 Å². The lowest BCUT2D eigenvalue weighted by Crippen LogP contribution is -2.25. The molecule has 0 bridgehead atoms. The standard InChI is InChI=1S/C19H22ClNO2/c20-17-7-3-5-15(11-17)14-23-19-9-2-1-6-16(19)12-21-13-18-8-4-10-22-18/h1-3,5-7,9,11,18,21H,4,8,10,12-14H2. The van der Waals surface area contributed by atoms with Gasteiger partial charge in [0.05, 0.1) is 6.10 Å². The van der Waals surface area contributed by atoms with Crippen LogP contribution in [0, 0.1) is 0 Å². The Hall–Kier alpha value is -1.55. The third-order valence-electron chi connectivity index (χ3n) is 3.97. The number of halogens is 1. The molecular weight excluding hydrogens is 310 g/mol. The van der Waals surface area contributed by atoms with Crippen molar-refractivity contribution in [1.29, 1.82) is 0 Å². The maximum atomic E-state index is 6.01. The fraction of sp³-hybridized carbons (Fsp3) is 0.368. The highest BCUT2D eigenvalue weighted by Gasteiger charge is 2.14. The lowest BCUT2D eigenvalue weighted by atomic mass is 10.2. The quantitative estimate of drug-likeness (QED) is 0.825. The Morgan fingerprint density at radius 1 is 1.17 bits per heavy atom. The fourth-order valence-electron chi connectivity index (χ4n) is 2.75. The maximum Gasteiger partial charge on any atom is 0.124 e. The van der Waals surface area contributed by atoms with Gasteiger partial charge in [-0.3, -0.25) is 0 Å². The van der Waals surface area contributed by atoms with E-state index in [1.807, 2.05) is 42.5 Å². The van der Waals surface area contributed by atoms with Crippen LogP contribution in [0.15, 0.2) is 48.5 Å². The lowest BCUT2D eigenvalue weighted by Gasteiger charge is -2.14. The van der Waals surface area contributed by atoms with Gasteiger partial charge in [0.2, 0.25) is 0 Å². The molecule has 1 aliphatic rings. The van der Waals surface area contributed by atoms with Gasteiger partial charge in [0, 0.05) is 30.3 Å². The van der Waals surface area contributed by atoms with Crippen molar-refractivity contribution in [3.63, 3.8) is 0 Å². The molecule has 4 heteroatoms. The Labute approximate surface area is 142 Å². The molecular formula is C19H22ClNO2. The van der Waals surface area contributed by atoms with E-state index in [-0.39, 0.29) is 0 Å². The van der Waals surface area contributed by atoms with E-state index < -0.39 is 0 Å². The van der Waals surface area contributed by atoms with E-state index in [1.54, 1.807) is 0 Å². The van der Waals surface area contributed by atoms with Crippen molar-refractivity contribution in [2.24, 2.45) is 0 Å². The molecule has 1 unspecified atom stereocenters. The number of hydrogen-bond acceptors (Lipinski definition) is 3. The molecule has 3 rings (SSSR count). The predicted molar refractivity (Wildman–Crippen MR) is 92.9 cm³/mol. The molecule has 1 atom stereocenters. The number of benzene rings is 2. The Balaban J connectivity index is 1.54. The zero-order valence-electron chi connectivity index (χ0n) is 13.1. The van der Waals surface area contributed by atoms with Crippen molar-refractivity contribution in [1.82, 2.24) is 5.32 Å². The van der Waals surface area contributed by atoms with Crippen molar-refractivity contribution in [2.75, 3.05) is 13.2 Å². The molecule has 0 spiro atoms. The van der Waals surface area contributed by atoms with E-state index in [9.17, 15) is 0 Å². The van der Waals surface area contributed by atoms with Gasteiger partial charge < -0.3 is 14.8 Å². The first-order valence-corrected chi connectivity index (χ1v) is 8.46. The summed E-state index contributed by atoms with van der Waals surface area (Å²) in [6.45, 7) is 3.09. The molecule has 2 aromatic carbocycles. The molecule has 1 fully saturated rings. The third kappa shape index (κ3) is 4.96. The number of rotatable bonds is 7. The highest BCUT2D eigenvalue weighted by atomic mass is 35.5. The monoisotopic (exact) mass is 331 g/mol. The molecule has 1 heterocycles. The molecule has 0 aliphatic carbocycles. The zero-order valence-corrected chi connectivity index (χ0v) is 13.9. The summed E-state index contributed by atoms with van der Waals surface area (Å²) in [6.07, 6.45) is 2.68. The van der Waals surface area contributed by atoms with Crippen molar-refractivity contribution in [2.45, 2.75) is 32.1 Å². The van der Waals surface area contributed by atoms with Crippen molar-refractivity contribution >= 4 is 11.6 Å². The minimum Gasteiger partial charge on any atom is -0.489 e. The van der Waals surface area contributed by atoms with Crippen LogP contribution >= 0.6 is 11.6 Å². The van der Waals surface area contributed by atoms with Crippen LogP contribution in [0.1, 0.15) is 24.0 Å². The van der Waals surface area contributed by atoms with E-state index in [0.717, 1.165) is 48.0 Å². The molecule has 0 saturated carbocycles. The van der Waals surface area contributed by atoms with Crippen molar-refractivity contribution in [3.8, 4) is 5.75 Å². The van der Waals surface area contributed by atoms with Crippen molar-refractivity contribution in [3.05, 3.63) is 64.7 Å². The second kappa shape index (κ2) is 8.34. The summed E-state index contributed by atoms with van der Waals surface area (Å²) in [5, 5.41) is 4.20. The number of nitrogens with one attached hydrogen (secondary N) is 1. The number of ether oxygens (including phenoxy) is 2. The van der Waals surface area contributed by atoms with Crippen LogP contribution in [-0.2, 0) is 17.9 Å². The van der Waals surface area contributed by atoms with Gasteiger partial charge >= 0.3 is 0 Å². The minimum absolute atomic E-state index is 0.356. The van der Waals surface area contributed by atoms with Gasteiger partial charge in [0.15, 0.2) is 0 Å². The minimum atomic E-state index is 0.356. The number of hydrogen-bond donors (Lipinski definition) is 1. The lowest BCUT2D eigenvalue weighted by molar-refractivity contribution is 0.110. The summed E-state index contributed by atoms with van der Waals surface area (Å²) >= 11 is 6.01. The predicted octanol–water partition coefficient (Wildman–Crippen LogP) is 4.19. The third-order valence-corrected chi connectivity index (χ3v) is 4.20. The smallest absolute Gasteiger partial charge is 0.124 e. The average Bonchev–Trinajstić information content (AvgIpc) is 3.07. The second-order valence-electron chi connectivity index (χ2n) is 5.79. The van der Waals surface area contributed by atoms with Crippen LogP contribution in [0.25, 0.3) is 0 Å². The fourth-order valence-corrected chi connectivity index (χ4v) is 2.96. The van der Waals surface area contributed by atoms with Crippen LogP contribution < -0.4 is 10.1 Å². The summed E-state index contributed by atoms with van der Waals surface area (Å²) in [5.74, 6) is 0.910. The summed E-state index contributed by atoms with van der Waals surface area (Å²) in [7, 11) is 0. The van der Waals surface area contributed by atoms with Gasteiger partial charge in [0.25, 0.3) is 0 Å². The summed E-state index contributed by atoms with van der Waals surface area (Å²) in [4.78, 5) is 0. The Bertz CT molecular complexity index is 626. The highest BCUT2D eigenvalue weighted by Crippen LogP contribution is 2.20. The molecule has 0 amide bonds. The molecule has 1 aliphatic heterocycles. The molecule has 1 N–H and O–H groups in total. The first-order valence-electron chi connectivity index (χ1n) is 8.09. The van der Waals surface area contributed by atoms with Gasteiger partial charge in [-0.2, -0.15) is 0 Å². The first kappa shape index (κ1) is 16.3. The van der Waals surface area contributed by atoms with Gasteiger partial charge in [-0.15, -0.1) is 0 Å².